The molecule has 0 radical (unpaired) electrons. The van der Waals surface area contributed by atoms with Crippen molar-refractivity contribution >= 4 is 21.4 Å². The van der Waals surface area contributed by atoms with Gasteiger partial charge in [0.1, 0.15) is 5.82 Å². The summed E-state index contributed by atoms with van der Waals surface area (Å²) in [7, 11) is 0. The van der Waals surface area contributed by atoms with Crippen LogP contribution in [0.1, 0.15) is 100 Å². The van der Waals surface area contributed by atoms with Crippen molar-refractivity contribution in [2.45, 2.75) is 96.0 Å². The van der Waals surface area contributed by atoms with Gasteiger partial charge in [0.15, 0.2) is 0 Å². The number of halogens is 1. The Morgan fingerprint density at radius 2 is 1.71 bits per heavy atom. The van der Waals surface area contributed by atoms with Gasteiger partial charge in [-0.3, -0.25) is 0 Å². The summed E-state index contributed by atoms with van der Waals surface area (Å²) in [6.45, 7) is 5.29. The van der Waals surface area contributed by atoms with E-state index in [2.05, 4.69) is 32.0 Å². The zero-order valence-corrected chi connectivity index (χ0v) is 18.3. The van der Waals surface area contributed by atoms with Crippen molar-refractivity contribution in [1.29, 1.82) is 0 Å². The van der Waals surface area contributed by atoms with Crippen LogP contribution in [0.4, 0.5) is 4.39 Å². The van der Waals surface area contributed by atoms with E-state index in [1.165, 1.54) is 43.4 Å². The molecule has 0 spiro atoms. The Bertz CT molecular complexity index is 766. The lowest BCUT2D eigenvalue weighted by molar-refractivity contribution is -0.000462. The predicted molar refractivity (Wildman–Crippen MR) is 118 cm³/mol. The average Bonchev–Trinajstić information content (AvgIpc) is 3.16. The molecule has 4 rings (SSSR count). The van der Waals surface area contributed by atoms with Crippen LogP contribution in [0.25, 0.3) is 10.1 Å². The third-order valence-corrected chi connectivity index (χ3v) is 8.35. The van der Waals surface area contributed by atoms with Crippen LogP contribution >= 0.6 is 11.3 Å². The highest BCUT2D eigenvalue weighted by molar-refractivity contribution is 7.19. The molecule has 1 saturated carbocycles. The molecule has 1 aromatic carbocycles. The topological polar surface area (TPSA) is 9.23 Å². The molecule has 0 amide bonds. The third kappa shape index (κ3) is 4.31. The molecule has 1 aliphatic heterocycles. The van der Waals surface area contributed by atoms with Gasteiger partial charge in [0.05, 0.1) is 17.4 Å². The van der Waals surface area contributed by atoms with Crippen molar-refractivity contribution in [3.63, 3.8) is 0 Å². The summed E-state index contributed by atoms with van der Waals surface area (Å²) in [5.74, 6) is 1.78. The lowest BCUT2D eigenvalue weighted by Crippen LogP contribution is -2.24. The second-order valence-electron chi connectivity index (χ2n) is 9.06. The minimum atomic E-state index is 0.0632. The first-order valence-corrected chi connectivity index (χ1v) is 12.3. The van der Waals surface area contributed by atoms with E-state index in [0.717, 1.165) is 53.9 Å². The highest BCUT2D eigenvalue weighted by atomic mass is 32.1. The molecule has 0 bridgehead atoms. The van der Waals surface area contributed by atoms with Crippen LogP contribution in [0.3, 0.4) is 0 Å². The Hall–Kier alpha value is -0.930. The fourth-order valence-electron chi connectivity index (χ4n) is 5.37. The fourth-order valence-corrected chi connectivity index (χ4v) is 6.60. The monoisotopic (exact) mass is 402 g/mol. The Balaban J connectivity index is 1.48. The summed E-state index contributed by atoms with van der Waals surface area (Å²) < 4.78 is 22.4. The normalized spacial score (nSPS) is 28.7. The molecule has 2 aromatic rings. The van der Waals surface area contributed by atoms with Crippen LogP contribution in [0.2, 0.25) is 0 Å². The van der Waals surface area contributed by atoms with Gasteiger partial charge in [-0.25, -0.2) is 4.39 Å². The number of hydrogen-bond acceptors (Lipinski definition) is 2. The molecular weight excluding hydrogens is 367 g/mol. The summed E-state index contributed by atoms with van der Waals surface area (Å²) in [5.41, 5.74) is 0.971. The Morgan fingerprint density at radius 3 is 2.39 bits per heavy atom. The quantitative estimate of drug-likeness (QED) is 0.473. The van der Waals surface area contributed by atoms with E-state index in [9.17, 15) is 0 Å². The summed E-state index contributed by atoms with van der Waals surface area (Å²) in [6, 6.07) is 6.46. The minimum Gasteiger partial charge on any atom is -0.378 e. The summed E-state index contributed by atoms with van der Waals surface area (Å²) in [5, 5.41) is 1.08. The third-order valence-electron chi connectivity index (χ3n) is 7.04. The van der Waals surface area contributed by atoms with Crippen LogP contribution < -0.4 is 0 Å². The molecule has 2 heterocycles. The SMILES string of the molecule is CCCC1CCC(c2ccc3cc(C4CCC(CCC)OC4)sc3c2F)CC1. The van der Waals surface area contributed by atoms with Gasteiger partial charge in [-0.05, 0) is 73.8 Å². The first kappa shape index (κ1) is 20.3. The van der Waals surface area contributed by atoms with Crippen molar-refractivity contribution in [2.24, 2.45) is 5.92 Å². The number of benzene rings is 1. The van der Waals surface area contributed by atoms with Crippen molar-refractivity contribution in [3.05, 3.63) is 34.5 Å². The van der Waals surface area contributed by atoms with Crippen molar-refractivity contribution < 1.29 is 9.13 Å². The molecule has 2 aliphatic rings. The number of thiophene rings is 1. The Kier molecular flexibility index (Phi) is 6.73. The van der Waals surface area contributed by atoms with E-state index in [0.29, 0.717) is 17.9 Å². The van der Waals surface area contributed by atoms with E-state index in [-0.39, 0.29) is 5.82 Å². The second-order valence-corrected chi connectivity index (χ2v) is 10.1. The van der Waals surface area contributed by atoms with Crippen LogP contribution in [0, 0.1) is 11.7 Å². The molecular formula is C25H35FOS. The van der Waals surface area contributed by atoms with Crippen LogP contribution in [-0.4, -0.2) is 12.7 Å². The highest BCUT2D eigenvalue weighted by Gasteiger charge is 2.27. The number of hydrogen-bond donors (Lipinski definition) is 0. The van der Waals surface area contributed by atoms with E-state index >= 15 is 4.39 Å². The molecule has 3 heteroatoms. The van der Waals surface area contributed by atoms with Gasteiger partial charge in [-0.2, -0.15) is 0 Å². The van der Waals surface area contributed by atoms with E-state index in [4.69, 9.17) is 4.74 Å². The predicted octanol–water partition coefficient (Wildman–Crippen LogP) is 8.18. The summed E-state index contributed by atoms with van der Waals surface area (Å²) in [4.78, 5) is 1.31. The fraction of sp³-hybridized carbons (Fsp3) is 0.680. The zero-order chi connectivity index (χ0) is 19.5. The molecule has 0 N–H and O–H groups in total. The van der Waals surface area contributed by atoms with E-state index < -0.39 is 0 Å². The number of rotatable bonds is 6. The Labute approximate surface area is 173 Å². The molecule has 2 fully saturated rings. The van der Waals surface area contributed by atoms with Gasteiger partial charge in [-0.15, -0.1) is 11.3 Å². The van der Waals surface area contributed by atoms with E-state index in [1.54, 1.807) is 11.3 Å². The molecule has 1 nitrogen and oxygen atoms in total. The second kappa shape index (κ2) is 9.26. The molecule has 28 heavy (non-hydrogen) atoms. The first-order chi connectivity index (χ1) is 13.7. The average molecular weight is 403 g/mol. The first-order valence-electron chi connectivity index (χ1n) is 11.5. The highest BCUT2D eigenvalue weighted by Crippen LogP contribution is 2.43. The van der Waals surface area contributed by atoms with Gasteiger partial charge >= 0.3 is 0 Å². The number of ether oxygens (including phenoxy) is 1. The van der Waals surface area contributed by atoms with Gasteiger partial charge in [0.25, 0.3) is 0 Å². The molecule has 2 atom stereocenters. The molecule has 1 aliphatic carbocycles. The summed E-state index contributed by atoms with van der Waals surface area (Å²) in [6.07, 6.45) is 12.6. The molecule has 154 valence electrons. The maximum absolute atomic E-state index is 15.4. The summed E-state index contributed by atoms with van der Waals surface area (Å²) >= 11 is 1.68. The zero-order valence-electron chi connectivity index (χ0n) is 17.5. The molecule has 1 saturated heterocycles. The standard InChI is InChI=1S/C25H35FOS/c1-3-5-17-7-9-18(10-8-17)22-14-12-19-15-23(28-25(19)24(22)26)20-11-13-21(6-4-2)27-16-20/h12,14-15,17-18,20-21H,3-11,13,16H2,1-2H3. The van der Waals surface area contributed by atoms with Crippen LogP contribution in [0.5, 0.6) is 0 Å². The molecule has 1 aromatic heterocycles. The van der Waals surface area contributed by atoms with Gasteiger partial charge in [0, 0.05) is 10.8 Å². The Morgan fingerprint density at radius 1 is 0.964 bits per heavy atom. The smallest absolute Gasteiger partial charge is 0.144 e. The van der Waals surface area contributed by atoms with Crippen LogP contribution in [-0.2, 0) is 4.74 Å². The van der Waals surface area contributed by atoms with Crippen molar-refractivity contribution in [2.75, 3.05) is 6.61 Å². The number of fused-ring (bicyclic) bond motifs is 1. The van der Waals surface area contributed by atoms with Gasteiger partial charge in [0.2, 0.25) is 0 Å². The lowest BCUT2D eigenvalue weighted by Gasteiger charge is -2.29. The van der Waals surface area contributed by atoms with Crippen molar-refractivity contribution in [3.8, 4) is 0 Å². The van der Waals surface area contributed by atoms with Crippen molar-refractivity contribution in [1.82, 2.24) is 0 Å². The van der Waals surface area contributed by atoms with E-state index in [1.807, 2.05) is 0 Å². The lowest BCUT2D eigenvalue weighted by atomic mass is 9.77. The van der Waals surface area contributed by atoms with Crippen LogP contribution in [0.15, 0.2) is 18.2 Å². The van der Waals surface area contributed by atoms with Gasteiger partial charge < -0.3 is 4.74 Å². The largest absolute Gasteiger partial charge is 0.378 e. The molecule has 2 unspecified atom stereocenters. The minimum absolute atomic E-state index is 0.0632. The van der Waals surface area contributed by atoms with Gasteiger partial charge in [-0.1, -0.05) is 45.2 Å². The maximum Gasteiger partial charge on any atom is 0.144 e. The maximum atomic E-state index is 15.4.